The van der Waals surface area contributed by atoms with Crippen molar-refractivity contribution in [1.82, 2.24) is 0 Å². The second kappa shape index (κ2) is 3.12. The summed E-state index contributed by atoms with van der Waals surface area (Å²) >= 11 is 0. The average Bonchev–Trinajstić information content (AvgIpc) is 2.32. The van der Waals surface area contributed by atoms with Crippen molar-refractivity contribution < 1.29 is 4.74 Å². The van der Waals surface area contributed by atoms with E-state index in [1.54, 1.807) is 6.26 Å². The minimum absolute atomic E-state index is 0.288. The van der Waals surface area contributed by atoms with E-state index in [2.05, 4.69) is 39.0 Å². The lowest BCUT2D eigenvalue weighted by molar-refractivity contribution is 0.263. The van der Waals surface area contributed by atoms with Gasteiger partial charge in [0.05, 0.1) is 12.9 Å². The number of rotatable bonds is 1. The molecule has 1 heterocycles. The van der Waals surface area contributed by atoms with Crippen molar-refractivity contribution in [3.63, 3.8) is 0 Å². The first-order chi connectivity index (χ1) is 5.08. The van der Waals surface area contributed by atoms with E-state index in [0.717, 1.165) is 6.61 Å². The Morgan fingerprint density at radius 1 is 1.45 bits per heavy atom. The molecule has 0 aromatic rings. The highest BCUT2D eigenvalue weighted by molar-refractivity contribution is 5.05. The third-order valence-electron chi connectivity index (χ3n) is 1.55. The summed E-state index contributed by atoms with van der Waals surface area (Å²) in [6.45, 7) is 7.40. The molecule has 0 aromatic heterocycles. The molecule has 0 radical (unpaired) electrons. The lowest BCUT2D eigenvalue weighted by Crippen LogP contribution is -2.01. The molecule has 0 aromatic carbocycles. The zero-order valence-corrected chi connectivity index (χ0v) is 7.50. The predicted molar refractivity (Wildman–Crippen MR) is 47.2 cm³/mol. The SMILES string of the molecule is CC(C)(C)/C=C/C1C=COC1. The molecular formula is C10H16O. The Kier molecular flexibility index (Phi) is 2.38. The Morgan fingerprint density at radius 3 is 2.64 bits per heavy atom. The van der Waals surface area contributed by atoms with Gasteiger partial charge in [-0.1, -0.05) is 32.9 Å². The summed E-state index contributed by atoms with van der Waals surface area (Å²) in [6.07, 6.45) is 8.31. The van der Waals surface area contributed by atoms with Gasteiger partial charge in [0.2, 0.25) is 0 Å². The molecule has 11 heavy (non-hydrogen) atoms. The van der Waals surface area contributed by atoms with E-state index in [4.69, 9.17) is 4.74 Å². The van der Waals surface area contributed by atoms with Gasteiger partial charge in [-0.05, 0) is 11.5 Å². The normalized spacial score (nSPS) is 24.5. The topological polar surface area (TPSA) is 9.23 Å². The van der Waals surface area contributed by atoms with E-state index < -0.39 is 0 Å². The fraction of sp³-hybridized carbons (Fsp3) is 0.600. The molecule has 1 aliphatic heterocycles. The molecule has 1 aliphatic rings. The Morgan fingerprint density at radius 2 is 2.18 bits per heavy atom. The van der Waals surface area contributed by atoms with Gasteiger partial charge in [-0.15, -0.1) is 0 Å². The van der Waals surface area contributed by atoms with Crippen LogP contribution in [0.3, 0.4) is 0 Å². The number of hydrogen-bond acceptors (Lipinski definition) is 1. The van der Waals surface area contributed by atoms with Crippen LogP contribution >= 0.6 is 0 Å². The van der Waals surface area contributed by atoms with Crippen LogP contribution < -0.4 is 0 Å². The van der Waals surface area contributed by atoms with Gasteiger partial charge in [-0.25, -0.2) is 0 Å². The van der Waals surface area contributed by atoms with Gasteiger partial charge in [0.25, 0.3) is 0 Å². The third kappa shape index (κ3) is 3.26. The van der Waals surface area contributed by atoms with Crippen molar-refractivity contribution in [3.8, 4) is 0 Å². The van der Waals surface area contributed by atoms with Crippen LogP contribution in [0.15, 0.2) is 24.5 Å². The van der Waals surface area contributed by atoms with Crippen molar-refractivity contribution in [2.75, 3.05) is 6.61 Å². The Hall–Kier alpha value is -0.720. The van der Waals surface area contributed by atoms with Gasteiger partial charge >= 0.3 is 0 Å². The highest BCUT2D eigenvalue weighted by Gasteiger charge is 2.08. The summed E-state index contributed by atoms with van der Waals surface area (Å²) in [4.78, 5) is 0. The van der Waals surface area contributed by atoms with Crippen molar-refractivity contribution in [3.05, 3.63) is 24.5 Å². The monoisotopic (exact) mass is 152 g/mol. The molecule has 0 fully saturated rings. The molecule has 1 atom stereocenters. The molecule has 1 heteroatoms. The van der Waals surface area contributed by atoms with E-state index in [1.807, 2.05) is 0 Å². The molecule has 62 valence electrons. The lowest BCUT2D eigenvalue weighted by Gasteiger charge is -2.11. The van der Waals surface area contributed by atoms with Gasteiger partial charge in [0.1, 0.15) is 0 Å². The van der Waals surface area contributed by atoms with E-state index in [-0.39, 0.29) is 5.41 Å². The second-order valence-corrected chi connectivity index (χ2v) is 4.05. The smallest absolute Gasteiger partial charge is 0.0971 e. The van der Waals surface area contributed by atoms with Crippen LogP contribution in [0, 0.1) is 11.3 Å². The number of ether oxygens (including phenoxy) is 1. The molecular weight excluding hydrogens is 136 g/mol. The first-order valence-corrected chi connectivity index (χ1v) is 4.05. The molecule has 0 spiro atoms. The molecule has 0 aliphatic carbocycles. The van der Waals surface area contributed by atoms with E-state index in [1.165, 1.54) is 0 Å². The Balaban J connectivity index is 2.41. The minimum Gasteiger partial charge on any atom is -0.501 e. The summed E-state index contributed by atoms with van der Waals surface area (Å²) in [5, 5.41) is 0. The zero-order valence-electron chi connectivity index (χ0n) is 7.50. The average molecular weight is 152 g/mol. The van der Waals surface area contributed by atoms with Crippen LogP contribution in [-0.4, -0.2) is 6.61 Å². The highest BCUT2D eigenvalue weighted by atomic mass is 16.5. The Labute approximate surface area is 68.8 Å². The number of allylic oxidation sites excluding steroid dienone is 1. The predicted octanol–water partition coefficient (Wildman–Crippen LogP) is 2.75. The molecule has 0 saturated carbocycles. The summed E-state index contributed by atoms with van der Waals surface area (Å²) in [5.74, 6) is 0.495. The van der Waals surface area contributed by atoms with Gasteiger partial charge in [0.15, 0.2) is 0 Å². The first kappa shape index (κ1) is 8.38. The van der Waals surface area contributed by atoms with Crippen LogP contribution in [0.4, 0.5) is 0 Å². The second-order valence-electron chi connectivity index (χ2n) is 4.05. The van der Waals surface area contributed by atoms with Crippen molar-refractivity contribution in [1.29, 1.82) is 0 Å². The maximum absolute atomic E-state index is 5.09. The summed E-state index contributed by atoms with van der Waals surface area (Å²) in [5.41, 5.74) is 0.288. The van der Waals surface area contributed by atoms with Crippen LogP contribution in [-0.2, 0) is 4.74 Å². The standard InChI is InChI=1S/C10H16O/c1-10(2,3)6-4-9-5-7-11-8-9/h4-7,9H,8H2,1-3H3/b6-4+. The van der Waals surface area contributed by atoms with Gasteiger partial charge in [-0.2, -0.15) is 0 Å². The lowest BCUT2D eigenvalue weighted by atomic mass is 9.94. The van der Waals surface area contributed by atoms with Crippen molar-refractivity contribution in [2.24, 2.45) is 11.3 Å². The molecule has 0 saturated heterocycles. The van der Waals surface area contributed by atoms with Gasteiger partial charge < -0.3 is 4.74 Å². The van der Waals surface area contributed by atoms with Crippen LogP contribution in [0.25, 0.3) is 0 Å². The Bertz CT molecular complexity index is 172. The molecule has 0 bridgehead atoms. The van der Waals surface area contributed by atoms with E-state index in [0.29, 0.717) is 5.92 Å². The van der Waals surface area contributed by atoms with Crippen LogP contribution in [0.2, 0.25) is 0 Å². The molecule has 1 rings (SSSR count). The molecule has 0 amide bonds. The van der Waals surface area contributed by atoms with Crippen molar-refractivity contribution >= 4 is 0 Å². The summed E-state index contributed by atoms with van der Waals surface area (Å²) in [7, 11) is 0. The largest absolute Gasteiger partial charge is 0.501 e. The third-order valence-corrected chi connectivity index (χ3v) is 1.55. The summed E-state index contributed by atoms with van der Waals surface area (Å²) < 4.78 is 5.09. The van der Waals surface area contributed by atoms with Gasteiger partial charge in [0, 0.05) is 5.92 Å². The van der Waals surface area contributed by atoms with E-state index in [9.17, 15) is 0 Å². The fourth-order valence-electron chi connectivity index (χ4n) is 0.911. The zero-order chi connectivity index (χ0) is 8.32. The quantitative estimate of drug-likeness (QED) is 0.525. The molecule has 1 nitrogen and oxygen atoms in total. The maximum atomic E-state index is 5.09. The van der Waals surface area contributed by atoms with Crippen LogP contribution in [0.5, 0.6) is 0 Å². The van der Waals surface area contributed by atoms with Gasteiger partial charge in [-0.3, -0.25) is 0 Å². The molecule has 1 unspecified atom stereocenters. The number of hydrogen-bond donors (Lipinski definition) is 0. The maximum Gasteiger partial charge on any atom is 0.0971 e. The van der Waals surface area contributed by atoms with Crippen LogP contribution in [0.1, 0.15) is 20.8 Å². The van der Waals surface area contributed by atoms with Crippen molar-refractivity contribution in [2.45, 2.75) is 20.8 Å². The first-order valence-electron chi connectivity index (χ1n) is 4.05. The minimum atomic E-state index is 0.288. The highest BCUT2D eigenvalue weighted by Crippen LogP contribution is 2.18. The molecule has 0 N–H and O–H groups in total. The fourth-order valence-corrected chi connectivity index (χ4v) is 0.911. The summed E-state index contributed by atoms with van der Waals surface area (Å²) in [6, 6.07) is 0. The van der Waals surface area contributed by atoms with E-state index >= 15 is 0 Å².